The Morgan fingerprint density at radius 2 is 2.10 bits per heavy atom. The van der Waals surface area contributed by atoms with Crippen LogP contribution in [-0.4, -0.2) is 25.3 Å². The molecular weight excluding hydrogens is 283 g/mol. The first-order chi connectivity index (χ1) is 9.27. The summed E-state index contributed by atoms with van der Waals surface area (Å²) in [5.74, 6) is -1.48. The van der Waals surface area contributed by atoms with Gasteiger partial charge in [0.15, 0.2) is 9.84 Å². The molecule has 0 fully saturated rings. The molecule has 5 nitrogen and oxygen atoms in total. The highest BCUT2D eigenvalue weighted by molar-refractivity contribution is 7.92. The molecule has 7 heteroatoms. The molecule has 1 atom stereocenters. The van der Waals surface area contributed by atoms with Crippen LogP contribution in [0.1, 0.15) is 26.7 Å². The molecule has 0 radical (unpaired) electrons. The summed E-state index contributed by atoms with van der Waals surface area (Å²) in [5, 5.41) is 1.03. The molecule has 0 heterocycles. The first kappa shape index (κ1) is 16.4. The minimum absolute atomic E-state index is 0.0580. The van der Waals surface area contributed by atoms with E-state index in [1.807, 2.05) is 6.92 Å². The van der Waals surface area contributed by atoms with Crippen molar-refractivity contribution in [2.45, 2.75) is 31.9 Å². The second kappa shape index (κ2) is 6.69. The van der Waals surface area contributed by atoms with Gasteiger partial charge in [0.05, 0.1) is 11.4 Å². The molecule has 1 rings (SSSR count). The summed E-state index contributed by atoms with van der Waals surface area (Å²) in [5.41, 5.74) is 5.66. The monoisotopic (exact) mass is 302 g/mol. The maximum Gasteiger partial charge on any atom is 0.242 e. The zero-order valence-corrected chi connectivity index (χ0v) is 12.3. The minimum atomic E-state index is -3.53. The third kappa shape index (κ3) is 4.19. The Balaban J connectivity index is 2.83. The van der Waals surface area contributed by atoms with Crippen molar-refractivity contribution in [3.63, 3.8) is 0 Å². The Labute approximate surface area is 118 Å². The van der Waals surface area contributed by atoms with Crippen LogP contribution < -0.4 is 11.1 Å². The zero-order chi connectivity index (χ0) is 15.3. The number of nitrogens with one attached hydrogen (secondary N) is 1. The van der Waals surface area contributed by atoms with Crippen LogP contribution in [0.4, 0.5) is 15.8 Å². The molecule has 1 amide bonds. The summed E-state index contributed by atoms with van der Waals surface area (Å²) in [6, 6.07) is 3.71. The molecular formula is C13H19FN2O3S. The summed E-state index contributed by atoms with van der Waals surface area (Å²) in [7, 11) is -3.53. The summed E-state index contributed by atoms with van der Waals surface area (Å²) in [4.78, 5) is 11.9. The van der Waals surface area contributed by atoms with E-state index in [4.69, 9.17) is 5.73 Å². The molecule has 0 aliphatic heterocycles. The SMILES string of the molecule is CCCCS(=O)(=O)C(C)C(=O)Nc1cc(N)ccc1F. The average Bonchev–Trinajstić information content (AvgIpc) is 2.39. The fraction of sp³-hybridized carbons (Fsp3) is 0.462. The van der Waals surface area contributed by atoms with Gasteiger partial charge in [-0.1, -0.05) is 13.3 Å². The molecule has 0 aromatic heterocycles. The standard InChI is InChI=1S/C13H19FN2O3S/c1-3-4-7-20(18,19)9(2)13(17)16-12-8-10(15)5-6-11(12)14/h5-6,8-9H,3-4,7,15H2,1-2H3,(H,16,17). The van der Waals surface area contributed by atoms with Gasteiger partial charge < -0.3 is 11.1 Å². The molecule has 0 spiro atoms. The Hall–Kier alpha value is -1.63. The van der Waals surface area contributed by atoms with Crippen LogP contribution in [0.15, 0.2) is 18.2 Å². The molecule has 3 N–H and O–H groups in total. The fourth-order valence-electron chi connectivity index (χ4n) is 1.56. The number of halogens is 1. The van der Waals surface area contributed by atoms with Gasteiger partial charge in [0, 0.05) is 5.69 Å². The summed E-state index contributed by atoms with van der Waals surface area (Å²) >= 11 is 0. The average molecular weight is 302 g/mol. The number of rotatable bonds is 6. The van der Waals surface area contributed by atoms with Crippen molar-refractivity contribution in [3.05, 3.63) is 24.0 Å². The number of nitrogens with two attached hydrogens (primary N) is 1. The highest BCUT2D eigenvalue weighted by Crippen LogP contribution is 2.18. The maximum absolute atomic E-state index is 13.5. The van der Waals surface area contributed by atoms with E-state index in [1.54, 1.807) is 0 Å². The molecule has 1 aromatic carbocycles. The van der Waals surface area contributed by atoms with Gasteiger partial charge in [-0.25, -0.2) is 12.8 Å². The molecule has 1 unspecified atom stereocenters. The number of carbonyl (C=O) groups is 1. The van der Waals surface area contributed by atoms with Crippen LogP contribution in [0.25, 0.3) is 0 Å². The molecule has 112 valence electrons. The van der Waals surface area contributed by atoms with Gasteiger partial charge in [0.2, 0.25) is 5.91 Å². The molecule has 0 aliphatic rings. The number of sulfone groups is 1. The zero-order valence-electron chi connectivity index (χ0n) is 11.5. The molecule has 20 heavy (non-hydrogen) atoms. The Bertz CT molecular complexity index is 587. The van der Waals surface area contributed by atoms with Gasteiger partial charge >= 0.3 is 0 Å². The third-order valence-corrected chi connectivity index (χ3v) is 5.09. The second-order valence-corrected chi connectivity index (χ2v) is 7.03. The second-order valence-electron chi connectivity index (χ2n) is 4.59. The van der Waals surface area contributed by atoms with E-state index in [0.717, 1.165) is 12.5 Å². The highest BCUT2D eigenvalue weighted by Gasteiger charge is 2.27. The van der Waals surface area contributed by atoms with Gasteiger partial charge in [-0.05, 0) is 31.5 Å². The van der Waals surface area contributed by atoms with Crippen LogP contribution in [-0.2, 0) is 14.6 Å². The van der Waals surface area contributed by atoms with Crippen LogP contribution in [0, 0.1) is 5.82 Å². The smallest absolute Gasteiger partial charge is 0.242 e. The molecule has 0 aliphatic carbocycles. The van der Waals surface area contributed by atoms with E-state index in [-0.39, 0.29) is 17.1 Å². The first-order valence-corrected chi connectivity index (χ1v) is 8.07. The summed E-state index contributed by atoms with van der Waals surface area (Å²) < 4.78 is 37.3. The van der Waals surface area contributed by atoms with Crippen molar-refractivity contribution in [2.75, 3.05) is 16.8 Å². The third-order valence-electron chi connectivity index (χ3n) is 2.94. The largest absolute Gasteiger partial charge is 0.399 e. The Morgan fingerprint density at radius 1 is 1.45 bits per heavy atom. The predicted octanol–water partition coefficient (Wildman–Crippen LogP) is 1.95. The van der Waals surface area contributed by atoms with E-state index < -0.39 is 26.8 Å². The van der Waals surface area contributed by atoms with E-state index in [1.165, 1.54) is 19.1 Å². The van der Waals surface area contributed by atoms with E-state index in [2.05, 4.69) is 5.32 Å². The Kier molecular flexibility index (Phi) is 5.50. The number of anilines is 2. The molecule has 0 saturated carbocycles. The number of carbonyl (C=O) groups excluding carboxylic acids is 1. The van der Waals surface area contributed by atoms with Gasteiger partial charge in [-0.2, -0.15) is 0 Å². The van der Waals surface area contributed by atoms with Crippen LogP contribution in [0.2, 0.25) is 0 Å². The summed E-state index contributed by atoms with van der Waals surface area (Å²) in [6.45, 7) is 3.16. The topological polar surface area (TPSA) is 89.3 Å². The van der Waals surface area contributed by atoms with Gasteiger partial charge in [-0.3, -0.25) is 4.79 Å². The lowest BCUT2D eigenvalue weighted by atomic mass is 10.2. The van der Waals surface area contributed by atoms with Crippen molar-refractivity contribution >= 4 is 27.1 Å². The number of hydrogen-bond acceptors (Lipinski definition) is 4. The van der Waals surface area contributed by atoms with E-state index in [9.17, 15) is 17.6 Å². The molecule has 0 bridgehead atoms. The first-order valence-electron chi connectivity index (χ1n) is 6.35. The van der Waals surface area contributed by atoms with E-state index in [0.29, 0.717) is 6.42 Å². The van der Waals surface area contributed by atoms with E-state index >= 15 is 0 Å². The predicted molar refractivity (Wildman–Crippen MR) is 77.6 cm³/mol. The van der Waals surface area contributed by atoms with Crippen LogP contribution in [0.3, 0.4) is 0 Å². The van der Waals surface area contributed by atoms with Gasteiger partial charge in [0.1, 0.15) is 11.1 Å². The molecule has 0 saturated heterocycles. The van der Waals surface area contributed by atoms with Gasteiger partial charge in [0.25, 0.3) is 0 Å². The lowest BCUT2D eigenvalue weighted by Crippen LogP contribution is -2.34. The van der Waals surface area contributed by atoms with Crippen LogP contribution >= 0.6 is 0 Å². The number of hydrogen-bond donors (Lipinski definition) is 2. The van der Waals surface area contributed by atoms with Gasteiger partial charge in [-0.15, -0.1) is 0 Å². The number of amides is 1. The van der Waals surface area contributed by atoms with Crippen molar-refractivity contribution < 1.29 is 17.6 Å². The molecule has 1 aromatic rings. The lowest BCUT2D eigenvalue weighted by molar-refractivity contribution is -0.115. The normalized spacial score (nSPS) is 12.9. The Morgan fingerprint density at radius 3 is 2.70 bits per heavy atom. The maximum atomic E-state index is 13.5. The van der Waals surface area contributed by atoms with Crippen molar-refractivity contribution in [1.29, 1.82) is 0 Å². The summed E-state index contributed by atoms with van der Waals surface area (Å²) in [6.07, 6.45) is 1.21. The van der Waals surface area contributed by atoms with Crippen LogP contribution in [0.5, 0.6) is 0 Å². The van der Waals surface area contributed by atoms with Crippen molar-refractivity contribution in [2.24, 2.45) is 0 Å². The fourth-order valence-corrected chi connectivity index (χ4v) is 2.99. The number of unbranched alkanes of at least 4 members (excludes halogenated alkanes) is 1. The highest BCUT2D eigenvalue weighted by atomic mass is 32.2. The van der Waals surface area contributed by atoms with Crippen molar-refractivity contribution in [3.8, 4) is 0 Å². The number of benzene rings is 1. The lowest BCUT2D eigenvalue weighted by Gasteiger charge is -2.13. The minimum Gasteiger partial charge on any atom is -0.399 e. The number of nitrogen functional groups attached to an aromatic ring is 1. The quantitative estimate of drug-likeness (QED) is 0.786. The van der Waals surface area contributed by atoms with Crippen molar-refractivity contribution in [1.82, 2.24) is 0 Å².